The Balaban J connectivity index is 0.902. The van der Waals surface area contributed by atoms with E-state index in [2.05, 4.69) is 56.7 Å². The molecule has 4 heterocycles. The molecule has 57 heavy (non-hydrogen) atoms. The number of ether oxygens (including phenoxy) is 2. The zero-order valence-corrected chi connectivity index (χ0v) is 31.7. The number of nitrogens with zero attached hydrogens (tertiary/aromatic N) is 4. The summed E-state index contributed by atoms with van der Waals surface area (Å²) >= 11 is 0. The van der Waals surface area contributed by atoms with Crippen molar-refractivity contribution in [3.63, 3.8) is 0 Å². The van der Waals surface area contributed by atoms with Crippen LogP contribution in [0.4, 0.5) is 9.59 Å². The monoisotopic (exact) mass is 770 g/mol. The van der Waals surface area contributed by atoms with Crippen LogP contribution < -0.4 is 11.1 Å². The molecule has 14 nitrogen and oxygen atoms in total. The lowest BCUT2D eigenvalue weighted by molar-refractivity contribution is -0.141. The maximum atomic E-state index is 13.7. The molecule has 3 aromatic carbocycles. The number of alkyl carbamates (subject to hydrolysis) is 1. The molecule has 2 aliphatic heterocycles. The molecule has 5 atom stereocenters. The van der Waals surface area contributed by atoms with Crippen LogP contribution in [0.2, 0.25) is 0 Å². The summed E-state index contributed by atoms with van der Waals surface area (Å²) in [4.78, 5) is 70.6. The Bertz CT molecular complexity index is 2220. The summed E-state index contributed by atoms with van der Waals surface area (Å²) < 4.78 is 10.0. The molecule has 2 unspecified atom stereocenters. The molecular weight excluding hydrogens is 725 g/mol. The number of likely N-dealkylation sites (tertiary alicyclic amines) is 2. The number of nitrogens with one attached hydrogen (secondary N) is 3. The van der Waals surface area contributed by atoms with E-state index in [1.807, 2.05) is 29.3 Å². The van der Waals surface area contributed by atoms with E-state index < -0.39 is 18.3 Å². The molecule has 14 heteroatoms. The van der Waals surface area contributed by atoms with Crippen LogP contribution in [-0.2, 0) is 19.1 Å². The second-order valence-electron chi connectivity index (χ2n) is 15.0. The van der Waals surface area contributed by atoms with Gasteiger partial charge < -0.3 is 40.3 Å². The minimum absolute atomic E-state index is 0.0466. The van der Waals surface area contributed by atoms with Gasteiger partial charge in [0.25, 0.3) is 5.91 Å². The van der Waals surface area contributed by atoms with E-state index in [9.17, 15) is 19.2 Å². The van der Waals surface area contributed by atoms with Crippen molar-refractivity contribution in [2.45, 2.75) is 69.2 Å². The summed E-state index contributed by atoms with van der Waals surface area (Å²) in [5.41, 5.74) is 11.7. The third-order valence-corrected chi connectivity index (χ3v) is 11.5. The quantitative estimate of drug-likeness (QED) is 0.119. The van der Waals surface area contributed by atoms with E-state index in [4.69, 9.17) is 20.2 Å². The number of hydrogen-bond acceptors (Lipinski definition) is 8. The van der Waals surface area contributed by atoms with E-state index >= 15 is 0 Å². The molecule has 0 bridgehead atoms. The normalized spacial score (nSPS) is 21.0. The number of aromatic amines is 2. The Morgan fingerprint density at radius 1 is 0.737 bits per heavy atom. The van der Waals surface area contributed by atoms with Crippen molar-refractivity contribution < 1.29 is 28.7 Å². The van der Waals surface area contributed by atoms with E-state index in [0.29, 0.717) is 30.9 Å². The van der Waals surface area contributed by atoms with Gasteiger partial charge in [-0.05, 0) is 67.2 Å². The van der Waals surface area contributed by atoms with Crippen molar-refractivity contribution in [3.8, 4) is 33.6 Å². The first kappa shape index (κ1) is 37.5. The van der Waals surface area contributed by atoms with Crippen molar-refractivity contribution in [1.82, 2.24) is 35.1 Å². The van der Waals surface area contributed by atoms with E-state index in [-0.39, 0.29) is 35.9 Å². The number of aromatic nitrogens is 4. The fraction of sp³-hybridized carbons (Fsp3) is 0.349. The highest BCUT2D eigenvalue weighted by Gasteiger charge is 2.40. The molecule has 2 saturated heterocycles. The highest BCUT2D eigenvalue weighted by molar-refractivity contribution is 5.85. The summed E-state index contributed by atoms with van der Waals surface area (Å²) in [7, 11) is 1.35. The minimum atomic E-state index is -1.13. The molecular formula is C43H46N8O6. The van der Waals surface area contributed by atoms with Gasteiger partial charge in [0.05, 0.1) is 43.0 Å². The maximum Gasteiger partial charge on any atom is 0.407 e. The lowest BCUT2D eigenvalue weighted by Gasteiger charge is -2.27. The maximum absolute atomic E-state index is 13.7. The summed E-state index contributed by atoms with van der Waals surface area (Å²) in [6.07, 6.45) is 6.44. The van der Waals surface area contributed by atoms with Gasteiger partial charge in [-0.15, -0.1) is 0 Å². The fourth-order valence-electron chi connectivity index (χ4n) is 8.57. The van der Waals surface area contributed by atoms with Gasteiger partial charge in [0, 0.05) is 30.6 Å². The second kappa shape index (κ2) is 16.3. The van der Waals surface area contributed by atoms with Crippen LogP contribution >= 0.6 is 0 Å². The highest BCUT2D eigenvalue weighted by Crippen LogP contribution is 2.38. The average Bonchev–Trinajstić information content (AvgIpc) is 4.09. The van der Waals surface area contributed by atoms with Gasteiger partial charge in [0.2, 0.25) is 12.0 Å². The molecule has 5 N–H and O–H groups in total. The van der Waals surface area contributed by atoms with Crippen LogP contribution in [0.25, 0.3) is 33.6 Å². The van der Waals surface area contributed by atoms with Crippen LogP contribution in [-0.4, -0.2) is 80.0 Å². The van der Waals surface area contributed by atoms with Crippen LogP contribution in [0.3, 0.4) is 0 Å². The second-order valence-corrected chi connectivity index (χ2v) is 15.0. The van der Waals surface area contributed by atoms with Crippen molar-refractivity contribution >= 4 is 24.0 Å². The number of hydrogen-bond donors (Lipinski definition) is 4. The summed E-state index contributed by atoms with van der Waals surface area (Å²) in [5.74, 6) is 1.15. The number of imidazole rings is 2. The third-order valence-electron chi connectivity index (χ3n) is 11.5. The van der Waals surface area contributed by atoms with Crippen LogP contribution in [0.1, 0.15) is 80.3 Å². The molecule has 3 fully saturated rings. The molecule has 294 valence electrons. The zero-order chi connectivity index (χ0) is 39.5. The Labute approximate surface area is 330 Å². The predicted octanol–water partition coefficient (Wildman–Crippen LogP) is 6.82. The smallest absolute Gasteiger partial charge is 0.407 e. The SMILES string of the molecule is COC(=O)N[C@H]1CCC(C(=O)N2CCCC2c2ncc(-c3ccc(-c4ccc(-c5cnc([C@@H]6CCCN6C(=O)[C@H](OC(N)=O)c6ccccc6)[nH]5)cc4)cc3)[nH]2)C1. The van der Waals surface area contributed by atoms with Crippen LogP contribution in [0.5, 0.6) is 0 Å². The van der Waals surface area contributed by atoms with Crippen LogP contribution in [0, 0.1) is 5.92 Å². The van der Waals surface area contributed by atoms with E-state index in [0.717, 1.165) is 78.0 Å². The Morgan fingerprint density at radius 2 is 1.28 bits per heavy atom. The van der Waals surface area contributed by atoms with E-state index in [1.165, 1.54) is 7.11 Å². The Hall–Kier alpha value is -6.44. The topological polar surface area (TPSA) is 189 Å². The molecule has 1 aliphatic carbocycles. The molecule has 5 aromatic rings. The largest absolute Gasteiger partial charge is 0.453 e. The Morgan fingerprint density at radius 3 is 1.84 bits per heavy atom. The Kier molecular flexibility index (Phi) is 10.7. The molecule has 0 spiro atoms. The van der Waals surface area contributed by atoms with Gasteiger partial charge in [-0.25, -0.2) is 19.6 Å². The number of H-pyrrole nitrogens is 2. The first-order chi connectivity index (χ1) is 27.7. The molecule has 2 aromatic heterocycles. The minimum Gasteiger partial charge on any atom is -0.453 e. The zero-order valence-electron chi connectivity index (χ0n) is 31.7. The van der Waals surface area contributed by atoms with Gasteiger partial charge in [0.15, 0.2) is 0 Å². The number of primary amides is 1. The number of carbonyl (C=O) groups excluding carboxylic acids is 4. The van der Waals surface area contributed by atoms with Gasteiger partial charge in [-0.3, -0.25) is 9.59 Å². The fourth-order valence-corrected chi connectivity index (χ4v) is 8.57. The average molecular weight is 771 g/mol. The standard InChI is InChI=1S/C43H46N8O6/c1-56-43(55)47-32-20-19-31(23-32)40(52)50-21-5-9-35(50)38-45-24-33(48-38)28-15-11-26(12-16-28)27-13-17-29(18-14-27)34-25-46-39(49-34)36-10-6-22-51(36)41(53)37(57-42(44)54)30-7-3-2-4-8-30/h2-4,7-8,11-18,24-25,31-32,35-37H,5-6,9-10,19-23H2,1H3,(H2,44,54)(H,45,48)(H,46,49)(H,47,55)/t31?,32-,35?,36-,37+/m0/s1. The van der Waals surface area contributed by atoms with Gasteiger partial charge in [-0.2, -0.15) is 0 Å². The van der Waals surface area contributed by atoms with Gasteiger partial charge in [-0.1, -0.05) is 78.9 Å². The number of amides is 4. The first-order valence-electron chi connectivity index (χ1n) is 19.5. The van der Waals surface area contributed by atoms with Crippen molar-refractivity contribution in [2.24, 2.45) is 11.7 Å². The summed E-state index contributed by atoms with van der Waals surface area (Å²) in [6, 6.07) is 25.0. The number of nitrogens with two attached hydrogens (primary N) is 1. The first-order valence-corrected chi connectivity index (χ1v) is 19.5. The summed E-state index contributed by atoms with van der Waals surface area (Å²) in [6.45, 7) is 1.21. The van der Waals surface area contributed by atoms with Crippen LogP contribution in [0.15, 0.2) is 91.3 Å². The molecule has 4 amide bonds. The van der Waals surface area contributed by atoms with Gasteiger partial charge >= 0.3 is 12.2 Å². The van der Waals surface area contributed by atoms with Gasteiger partial charge in [0.1, 0.15) is 11.6 Å². The molecule has 1 saturated carbocycles. The summed E-state index contributed by atoms with van der Waals surface area (Å²) in [5, 5.41) is 2.84. The highest BCUT2D eigenvalue weighted by atomic mass is 16.6. The molecule has 8 rings (SSSR count). The predicted molar refractivity (Wildman–Crippen MR) is 211 cm³/mol. The number of methoxy groups -OCH3 is 1. The molecule has 0 radical (unpaired) electrons. The van der Waals surface area contributed by atoms with Crippen molar-refractivity contribution in [2.75, 3.05) is 20.2 Å². The molecule has 3 aliphatic rings. The third kappa shape index (κ3) is 7.98. The number of benzene rings is 3. The lowest BCUT2D eigenvalue weighted by atomic mass is 10.0. The number of carbonyl (C=O) groups is 4. The van der Waals surface area contributed by atoms with Crippen molar-refractivity contribution in [3.05, 3.63) is 108 Å². The van der Waals surface area contributed by atoms with E-state index in [1.54, 1.807) is 35.4 Å². The number of rotatable bonds is 10. The van der Waals surface area contributed by atoms with Crippen molar-refractivity contribution in [1.29, 1.82) is 0 Å². The lowest BCUT2D eigenvalue weighted by Crippen LogP contribution is -2.37.